The number of oxazole rings is 1. The Balaban J connectivity index is 2.62. The first-order valence-corrected chi connectivity index (χ1v) is 6.26. The van der Waals surface area contributed by atoms with Crippen molar-refractivity contribution in [1.29, 1.82) is 0 Å². The van der Waals surface area contributed by atoms with Crippen molar-refractivity contribution in [2.24, 2.45) is 11.8 Å². The van der Waals surface area contributed by atoms with Crippen molar-refractivity contribution in [2.45, 2.75) is 34.1 Å². The van der Waals surface area contributed by atoms with Gasteiger partial charge in [-0.25, -0.2) is 4.98 Å². The molecule has 1 rings (SSSR count). The number of carboxylic acid groups (broad SMARTS) is 1. The summed E-state index contributed by atoms with van der Waals surface area (Å²) in [6.45, 7) is 7.31. The molecule has 1 amide bonds. The van der Waals surface area contributed by atoms with Crippen LogP contribution >= 0.6 is 0 Å². The van der Waals surface area contributed by atoms with Crippen LogP contribution in [0.1, 0.15) is 42.4 Å². The molecule has 1 aromatic rings. The van der Waals surface area contributed by atoms with E-state index in [-0.39, 0.29) is 18.2 Å². The molecule has 0 spiro atoms. The fourth-order valence-electron chi connectivity index (χ4n) is 1.88. The van der Waals surface area contributed by atoms with Crippen LogP contribution in [0.5, 0.6) is 0 Å². The van der Waals surface area contributed by atoms with Gasteiger partial charge in [-0.05, 0) is 19.3 Å². The third kappa shape index (κ3) is 4.39. The summed E-state index contributed by atoms with van der Waals surface area (Å²) in [6, 6.07) is 0. The number of aryl methyl sites for hydroxylation is 2. The molecule has 0 aliphatic heterocycles. The Hall–Kier alpha value is -1.85. The highest BCUT2D eigenvalue weighted by molar-refractivity contribution is 5.92. The van der Waals surface area contributed by atoms with E-state index in [1.54, 1.807) is 13.8 Å². The molecule has 0 bridgehead atoms. The first kappa shape index (κ1) is 15.2. The van der Waals surface area contributed by atoms with Crippen molar-refractivity contribution in [3.63, 3.8) is 0 Å². The Kier molecular flexibility index (Phi) is 5.09. The quantitative estimate of drug-likeness (QED) is 0.820. The minimum Gasteiger partial charge on any atom is -0.481 e. The Bertz CT molecular complexity index is 465. The van der Waals surface area contributed by atoms with Gasteiger partial charge in [-0.1, -0.05) is 13.8 Å². The van der Waals surface area contributed by atoms with E-state index in [2.05, 4.69) is 10.3 Å². The predicted octanol–water partition coefficient (Wildman–Crippen LogP) is 1.77. The molecule has 19 heavy (non-hydrogen) atoms. The van der Waals surface area contributed by atoms with Gasteiger partial charge in [0.25, 0.3) is 5.91 Å². The summed E-state index contributed by atoms with van der Waals surface area (Å²) in [5, 5.41) is 11.7. The first-order valence-electron chi connectivity index (χ1n) is 6.26. The number of carboxylic acids is 1. The second-order valence-electron chi connectivity index (χ2n) is 5.02. The lowest BCUT2D eigenvalue weighted by Crippen LogP contribution is -2.33. The number of carbonyl (C=O) groups is 2. The summed E-state index contributed by atoms with van der Waals surface area (Å²) in [5.41, 5.74) is 0.505. The number of nitrogens with zero attached hydrogens (tertiary/aromatic N) is 1. The first-order chi connectivity index (χ1) is 8.81. The maximum absolute atomic E-state index is 11.9. The summed E-state index contributed by atoms with van der Waals surface area (Å²) < 4.78 is 5.18. The number of amides is 1. The fourth-order valence-corrected chi connectivity index (χ4v) is 1.88. The van der Waals surface area contributed by atoms with E-state index in [1.165, 1.54) is 0 Å². The second-order valence-corrected chi connectivity index (χ2v) is 5.02. The zero-order valence-corrected chi connectivity index (χ0v) is 11.7. The van der Waals surface area contributed by atoms with Crippen LogP contribution < -0.4 is 5.32 Å². The highest BCUT2D eigenvalue weighted by Crippen LogP contribution is 2.12. The summed E-state index contributed by atoms with van der Waals surface area (Å²) in [5.74, 6) is -1.10. The lowest BCUT2D eigenvalue weighted by Gasteiger charge is -2.14. The third-order valence-electron chi connectivity index (χ3n) is 2.72. The summed E-state index contributed by atoms with van der Waals surface area (Å²) >= 11 is 0. The van der Waals surface area contributed by atoms with Gasteiger partial charge in [0.2, 0.25) is 5.76 Å². The van der Waals surface area contributed by atoms with E-state index >= 15 is 0 Å². The molecule has 6 heteroatoms. The smallest absolute Gasteiger partial charge is 0.308 e. The number of carbonyl (C=O) groups excluding carboxylic acids is 1. The molecule has 1 unspecified atom stereocenters. The summed E-state index contributed by atoms with van der Waals surface area (Å²) in [4.78, 5) is 26.9. The maximum Gasteiger partial charge on any atom is 0.308 e. The number of hydrogen-bond donors (Lipinski definition) is 2. The predicted molar refractivity (Wildman–Crippen MR) is 68.9 cm³/mol. The highest BCUT2D eigenvalue weighted by Gasteiger charge is 2.22. The Morgan fingerprint density at radius 1 is 1.37 bits per heavy atom. The molecule has 2 N–H and O–H groups in total. The van der Waals surface area contributed by atoms with Crippen LogP contribution in [0.2, 0.25) is 0 Å². The minimum absolute atomic E-state index is 0.0888. The van der Waals surface area contributed by atoms with Crippen molar-refractivity contribution in [1.82, 2.24) is 10.3 Å². The normalized spacial score (nSPS) is 12.5. The van der Waals surface area contributed by atoms with Gasteiger partial charge in [-0.2, -0.15) is 0 Å². The molecular formula is C13H20N2O4. The second kappa shape index (κ2) is 6.36. The van der Waals surface area contributed by atoms with Crippen molar-refractivity contribution in [2.75, 3.05) is 6.54 Å². The average molecular weight is 268 g/mol. The number of rotatable bonds is 6. The van der Waals surface area contributed by atoms with Gasteiger partial charge in [-0.15, -0.1) is 0 Å². The number of aliphatic carboxylic acids is 1. The topological polar surface area (TPSA) is 92.4 Å². The van der Waals surface area contributed by atoms with Crippen molar-refractivity contribution >= 4 is 11.9 Å². The van der Waals surface area contributed by atoms with E-state index in [0.717, 1.165) is 0 Å². The molecule has 0 saturated heterocycles. The zero-order valence-electron chi connectivity index (χ0n) is 11.7. The van der Waals surface area contributed by atoms with Crippen LogP contribution in [-0.4, -0.2) is 28.5 Å². The number of aromatic nitrogens is 1. The van der Waals surface area contributed by atoms with Crippen LogP contribution in [0.15, 0.2) is 4.42 Å². The third-order valence-corrected chi connectivity index (χ3v) is 2.72. The van der Waals surface area contributed by atoms with Crippen molar-refractivity contribution in [3.05, 3.63) is 17.3 Å². The number of hydrogen-bond acceptors (Lipinski definition) is 4. The highest BCUT2D eigenvalue weighted by atomic mass is 16.4. The Morgan fingerprint density at radius 3 is 2.42 bits per heavy atom. The lowest BCUT2D eigenvalue weighted by molar-refractivity contribution is -0.142. The molecule has 0 fully saturated rings. The number of nitrogens with one attached hydrogen (secondary N) is 1. The molecule has 0 aromatic carbocycles. The molecular weight excluding hydrogens is 248 g/mol. The molecule has 106 valence electrons. The summed E-state index contributed by atoms with van der Waals surface area (Å²) in [6.07, 6.45) is 0.518. The fraction of sp³-hybridized carbons (Fsp3) is 0.615. The van der Waals surface area contributed by atoms with Crippen LogP contribution in [-0.2, 0) is 4.79 Å². The monoisotopic (exact) mass is 268 g/mol. The Labute approximate surface area is 112 Å². The van der Waals surface area contributed by atoms with Gasteiger partial charge in [0, 0.05) is 13.5 Å². The van der Waals surface area contributed by atoms with E-state index in [0.29, 0.717) is 18.0 Å². The van der Waals surface area contributed by atoms with Crippen LogP contribution in [0.25, 0.3) is 0 Å². The van der Waals surface area contributed by atoms with E-state index in [1.807, 2.05) is 13.8 Å². The molecule has 1 heterocycles. The van der Waals surface area contributed by atoms with Crippen molar-refractivity contribution in [3.8, 4) is 0 Å². The van der Waals surface area contributed by atoms with Crippen molar-refractivity contribution < 1.29 is 19.1 Å². The van der Waals surface area contributed by atoms with Gasteiger partial charge in [-0.3, -0.25) is 9.59 Å². The molecule has 1 atom stereocenters. The van der Waals surface area contributed by atoms with Gasteiger partial charge < -0.3 is 14.8 Å². The van der Waals surface area contributed by atoms with Crippen LogP contribution in [0, 0.1) is 25.7 Å². The van der Waals surface area contributed by atoms with Gasteiger partial charge >= 0.3 is 5.97 Å². The average Bonchev–Trinajstić information content (AvgIpc) is 2.62. The molecule has 0 aliphatic carbocycles. The van der Waals surface area contributed by atoms with Gasteiger partial charge in [0.15, 0.2) is 5.89 Å². The molecule has 1 aromatic heterocycles. The molecule has 0 saturated carbocycles. The molecule has 6 nitrogen and oxygen atoms in total. The standard InChI is InChI=1S/C13H20N2O4/c1-7(2)5-10(13(17)18)6-14-12(16)11-8(3)15-9(4)19-11/h7,10H,5-6H2,1-4H3,(H,14,16)(H,17,18). The van der Waals surface area contributed by atoms with Gasteiger partial charge in [0.1, 0.15) is 0 Å². The molecule has 0 radical (unpaired) electrons. The van der Waals surface area contributed by atoms with E-state index in [4.69, 9.17) is 9.52 Å². The maximum atomic E-state index is 11.9. The largest absolute Gasteiger partial charge is 0.481 e. The SMILES string of the molecule is Cc1nc(C)c(C(=O)NCC(CC(C)C)C(=O)O)o1. The van der Waals surface area contributed by atoms with E-state index in [9.17, 15) is 9.59 Å². The Morgan fingerprint density at radius 2 is 2.00 bits per heavy atom. The lowest BCUT2D eigenvalue weighted by atomic mass is 9.97. The molecule has 0 aliphatic rings. The zero-order chi connectivity index (χ0) is 14.6. The minimum atomic E-state index is -0.903. The van der Waals surface area contributed by atoms with Crippen LogP contribution in [0.4, 0.5) is 0 Å². The van der Waals surface area contributed by atoms with Gasteiger partial charge in [0.05, 0.1) is 11.6 Å². The van der Waals surface area contributed by atoms with E-state index < -0.39 is 17.8 Å². The van der Waals surface area contributed by atoms with Crippen LogP contribution in [0.3, 0.4) is 0 Å². The summed E-state index contributed by atoms with van der Waals surface area (Å²) in [7, 11) is 0.